The van der Waals surface area contributed by atoms with Crippen LogP contribution in [0.5, 0.6) is 0 Å². The largest absolute Gasteiger partial charge is 0.465 e. The van der Waals surface area contributed by atoms with E-state index in [1.807, 2.05) is 0 Å². The Labute approximate surface area is 67.2 Å². The van der Waals surface area contributed by atoms with E-state index in [1.165, 1.54) is 0 Å². The fraction of sp³-hybridized carbons (Fsp3) is 0.833. The number of rotatable bonds is 3. The maximum atomic E-state index is 11.0. The first-order chi connectivity index (χ1) is 5.13. The molecule has 1 unspecified atom stereocenters. The van der Waals surface area contributed by atoms with Crippen molar-refractivity contribution in [3.05, 3.63) is 0 Å². The molecule has 1 aliphatic carbocycles. The molecular weight excluding hydrogens is 168 g/mol. The van der Waals surface area contributed by atoms with Crippen LogP contribution >= 0.6 is 0 Å². The minimum atomic E-state index is -2.07. The second-order valence-corrected chi connectivity index (χ2v) is 3.74. The van der Waals surface area contributed by atoms with Gasteiger partial charge in [0.15, 0.2) is 15.8 Å². The number of esters is 1. The summed E-state index contributed by atoms with van der Waals surface area (Å²) < 4.78 is 22.9. The van der Waals surface area contributed by atoms with Crippen molar-refractivity contribution in [3.8, 4) is 0 Å². The van der Waals surface area contributed by atoms with Crippen molar-refractivity contribution in [2.45, 2.75) is 24.5 Å². The molecule has 64 valence electrons. The van der Waals surface area contributed by atoms with Crippen molar-refractivity contribution in [2.24, 2.45) is 0 Å². The smallest absolute Gasteiger partial charge is 0.327 e. The molecule has 1 atom stereocenters. The summed E-state index contributed by atoms with van der Waals surface area (Å²) in [7, 11) is 0. The van der Waals surface area contributed by atoms with Gasteiger partial charge in [-0.05, 0) is 19.8 Å². The van der Waals surface area contributed by atoms with Crippen LogP contribution in [0.4, 0.5) is 0 Å². The highest BCUT2D eigenvalue weighted by Gasteiger charge is 2.57. The first-order valence-electron chi connectivity index (χ1n) is 3.41. The fourth-order valence-corrected chi connectivity index (χ4v) is 1.48. The van der Waals surface area contributed by atoms with Gasteiger partial charge in [-0.15, -0.1) is 0 Å². The second-order valence-electron chi connectivity index (χ2n) is 2.46. The molecule has 0 aromatic carbocycles. The maximum Gasteiger partial charge on any atom is 0.327 e. The summed E-state index contributed by atoms with van der Waals surface area (Å²) in [6, 6.07) is 0. The lowest BCUT2D eigenvalue weighted by Crippen LogP contribution is -2.29. The van der Waals surface area contributed by atoms with Gasteiger partial charge < -0.3 is 9.29 Å². The molecule has 4 nitrogen and oxygen atoms in total. The van der Waals surface area contributed by atoms with Crippen molar-refractivity contribution in [1.82, 2.24) is 0 Å². The molecule has 1 N–H and O–H groups in total. The van der Waals surface area contributed by atoms with Gasteiger partial charge in [0.25, 0.3) is 0 Å². The SMILES string of the molecule is CCOC(=O)C1(S(=O)O)CC1. The Balaban J connectivity index is 2.58. The van der Waals surface area contributed by atoms with Gasteiger partial charge in [0.2, 0.25) is 0 Å². The zero-order chi connectivity index (χ0) is 8.48. The fourth-order valence-electron chi connectivity index (χ4n) is 0.826. The van der Waals surface area contributed by atoms with Crippen LogP contribution in [0.1, 0.15) is 19.8 Å². The van der Waals surface area contributed by atoms with Crippen LogP contribution in [-0.4, -0.2) is 26.1 Å². The zero-order valence-corrected chi connectivity index (χ0v) is 7.02. The third-order valence-corrected chi connectivity index (χ3v) is 2.93. The van der Waals surface area contributed by atoms with Gasteiger partial charge >= 0.3 is 5.97 Å². The lowest BCUT2D eigenvalue weighted by Gasteiger charge is -2.07. The minimum Gasteiger partial charge on any atom is -0.465 e. The highest BCUT2D eigenvalue weighted by Crippen LogP contribution is 2.41. The second kappa shape index (κ2) is 2.91. The molecule has 0 radical (unpaired) electrons. The highest BCUT2D eigenvalue weighted by atomic mass is 32.2. The summed E-state index contributed by atoms with van der Waals surface area (Å²) >= 11 is -2.07. The molecule has 1 saturated carbocycles. The summed E-state index contributed by atoms with van der Waals surface area (Å²) in [6.07, 6.45) is 0.934. The van der Waals surface area contributed by atoms with E-state index in [2.05, 4.69) is 4.74 Å². The van der Waals surface area contributed by atoms with Gasteiger partial charge in [-0.25, -0.2) is 4.21 Å². The number of hydrogen-bond donors (Lipinski definition) is 1. The third kappa shape index (κ3) is 1.44. The Kier molecular flexibility index (Phi) is 2.29. The van der Waals surface area contributed by atoms with Crippen molar-refractivity contribution >= 4 is 17.0 Å². The molecule has 5 heteroatoms. The molecule has 1 fully saturated rings. The molecular formula is C6H10O4S. The molecule has 0 spiro atoms. The standard InChI is InChI=1S/C6H10O4S/c1-2-10-5(7)6(3-4-6)11(8)9/h2-4H2,1H3,(H,8,9). The van der Waals surface area contributed by atoms with Crippen LogP contribution in [0, 0.1) is 0 Å². The zero-order valence-electron chi connectivity index (χ0n) is 6.20. The van der Waals surface area contributed by atoms with E-state index in [-0.39, 0.29) is 6.61 Å². The van der Waals surface area contributed by atoms with E-state index in [0.29, 0.717) is 12.8 Å². The van der Waals surface area contributed by atoms with Crippen molar-refractivity contribution in [2.75, 3.05) is 6.61 Å². The molecule has 1 rings (SSSR count). The third-order valence-electron chi connectivity index (χ3n) is 1.69. The lowest BCUT2D eigenvalue weighted by molar-refractivity contribution is -0.143. The van der Waals surface area contributed by atoms with Crippen molar-refractivity contribution in [3.63, 3.8) is 0 Å². The first-order valence-corrected chi connectivity index (χ1v) is 4.52. The van der Waals surface area contributed by atoms with Crippen LogP contribution in [-0.2, 0) is 20.6 Å². The van der Waals surface area contributed by atoms with Crippen LogP contribution in [0.15, 0.2) is 0 Å². The Morgan fingerprint density at radius 3 is 2.55 bits per heavy atom. The normalized spacial score (nSPS) is 22.4. The van der Waals surface area contributed by atoms with E-state index < -0.39 is 21.8 Å². The predicted octanol–water partition coefficient (Wildman–Crippen LogP) is 0.304. The minimum absolute atomic E-state index is 0.262. The molecule has 0 bridgehead atoms. The molecule has 11 heavy (non-hydrogen) atoms. The van der Waals surface area contributed by atoms with Crippen molar-refractivity contribution in [1.29, 1.82) is 0 Å². The first kappa shape index (κ1) is 8.67. The highest BCUT2D eigenvalue weighted by molar-refractivity contribution is 7.82. The van der Waals surface area contributed by atoms with Gasteiger partial charge in [-0.1, -0.05) is 0 Å². The average Bonchev–Trinajstić information content (AvgIpc) is 2.66. The van der Waals surface area contributed by atoms with Gasteiger partial charge in [-0.3, -0.25) is 4.79 Å². The van der Waals surface area contributed by atoms with Crippen LogP contribution < -0.4 is 0 Å². The molecule has 0 amide bonds. The van der Waals surface area contributed by atoms with Crippen LogP contribution in [0.25, 0.3) is 0 Å². The van der Waals surface area contributed by atoms with Crippen LogP contribution in [0.2, 0.25) is 0 Å². The number of carbonyl (C=O) groups is 1. The van der Waals surface area contributed by atoms with Gasteiger partial charge in [0, 0.05) is 0 Å². The van der Waals surface area contributed by atoms with Gasteiger partial charge in [0.05, 0.1) is 6.61 Å². The number of carbonyl (C=O) groups excluding carboxylic acids is 1. The summed E-state index contributed by atoms with van der Waals surface area (Å²) in [6.45, 7) is 1.94. The Bertz CT molecular complexity index is 197. The summed E-state index contributed by atoms with van der Waals surface area (Å²) in [5.41, 5.74) is 0. The number of ether oxygens (including phenoxy) is 1. The molecule has 0 aromatic rings. The Hall–Kier alpha value is -0.420. The molecule has 1 aliphatic rings. The molecule has 0 saturated heterocycles. The van der Waals surface area contributed by atoms with E-state index >= 15 is 0 Å². The molecule has 0 heterocycles. The quantitative estimate of drug-likeness (QED) is 0.499. The van der Waals surface area contributed by atoms with E-state index in [0.717, 1.165) is 0 Å². The van der Waals surface area contributed by atoms with E-state index in [4.69, 9.17) is 4.55 Å². The number of hydrogen-bond acceptors (Lipinski definition) is 3. The molecule has 0 aromatic heterocycles. The van der Waals surface area contributed by atoms with Crippen molar-refractivity contribution < 1.29 is 18.3 Å². The predicted molar refractivity (Wildman–Crippen MR) is 39.4 cm³/mol. The van der Waals surface area contributed by atoms with E-state index in [9.17, 15) is 9.00 Å². The summed E-state index contributed by atoms with van der Waals surface area (Å²) in [4.78, 5) is 11.0. The van der Waals surface area contributed by atoms with Crippen LogP contribution in [0.3, 0.4) is 0 Å². The Morgan fingerprint density at radius 1 is 1.73 bits per heavy atom. The molecule has 0 aliphatic heterocycles. The van der Waals surface area contributed by atoms with Gasteiger partial charge in [0.1, 0.15) is 0 Å². The topological polar surface area (TPSA) is 63.6 Å². The Morgan fingerprint density at radius 2 is 2.27 bits per heavy atom. The summed E-state index contributed by atoms with van der Waals surface area (Å²) in [5, 5.41) is 0. The summed E-state index contributed by atoms with van der Waals surface area (Å²) in [5.74, 6) is -0.541. The maximum absolute atomic E-state index is 11.0. The monoisotopic (exact) mass is 178 g/mol. The lowest BCUT2D eigenvalue weighted by atomic mass is 10.4. The average molecular weight is 178 g/mol. The van der Waals surface area contributed by atoms with Gasteiger partial charge in [-0.2, -0.15) is 0 Å². The van der Waals surface area contributed by atoms with E-state index in [1.54, 1.807) is 6.92 Å².